The number of halogens is 1. The Morgan fingerprint density at radius 1 is 1.32 bits per heavy atom. The van der Waals surface area contributed by atoms with Crippen molar-refractivity contribution in [1.82, 2.24) is 4.90 Å². The Kier molecular flexibility index (Phi) is 4.66. The minimum absolute atomic E-state index is 0.0394. The molecular weight excluding hydrogens is 352 g/mol. The van der Waals surface area contributed by atoms with Crippen LogP contribution in [0.3, 0.4) is 0 Å². The summed E-state index contributed by atoms with van der Waals surface area (Å²) in [6.45, 7) is -0.104. The van der Waals surface area contributed by atoms with Crippen LogP contribution in [0.1, 0.15) is 42.5 Å². The normalized spacial score (nSPS) is 22.1. The quantitative estimate of drug-likeness (QED) is 0.648. The summed E-state index contributed by atoms with van der Waals surface area (Å²) in [7, 11) is 0. The van der Waals surface area contributed by atoms with Crippen LogP contribution in [-0.2, 0) is 9.53 Å². The van der Waals surface area contributed by atoms with Crippen molar-refractivity contribution in [3.63, 3.8) is 0 Å². The molecule has 2 fully saturated rings. The van der Waals surface area contributed by atoms with Gasteiger partial charge in [0.05, 0.1) is 22.1 Å². The maximum Gasteiger partial charge on any atom is 0.328 e. The van der Waals surface area contributed by atoms with E-state index in [1.165, 1.54) is 17.0 Å². The number of non-ortho nitro benzene ring substituents is 1. The van der Waals surface area contributed by atoms with Gasteiger partial charge in [-0.05, 0) is 31.7 Å². The Morgan fingerprint density at radius 2 is 2.00 bits per heavy atom. The van der Waals surface area contributed by atoms with E-state index in [9.17, 15) is 24.8 Å². The van der Waals surface area contributed by atoms with E-state index in [4.69, 9.17) is 16.3 Å². The molecule has 1 heterocycles. The molecule has 1 saturated heterocycles. The molecule has 0 unspecified atom stereocenters. The predicted molar refractivity (Wildman–Crippen MR) is 87.5 cm³/mol. The van der Waals surface area contributed by atoms with Crippen molar-refractivity contribution >= 4 is 29.2 Å². The van der Waals surface area contributed by atoms with E-state index in [0.717, 1.165) is 25.3 Å². The molecule has 1 aliphatic carbocycles. The van der Waals surface area contributed by atoms with Gasteiger partial charge in [-0.1, -0.05) is 18.0 Å². The first kappa shape index (κ1) is 17.6. The highest BCUT2D eigenvalue weighted by Gasteiger charge is 2.53. The highest BCUT2D eigenvalue weighted by Crippen LogP contribution is 2.42. The van der Waals surface area contributed by atoms with Crippen LogP contribution in [0.15, 0.2) is 18.2 Å². The Hall–Kier alpha value is -2.19. The number of nitrogens with zero attached hydrogens (tertiary/aromatic N) is 2. The van der Waals surface area contributed by atoms with Crippen LogP contribution in [0, 0.1) is 10.1 Å². The number of amides is 1. The monoisotopic (exact) mass is 368 g/mol. The fraction of sp³-hybridized carbons (Fsp3) is 0.500. The molecule has 9 heteroatoms. The Bertz CT molecular complexity index is 731. The number of aliphatic carboxylic acids is 1. The molecule has 0 aromatic heterocycles. The number of benzene rings is 1. The Balaban J connectivity index is 2.04. The predicted octanol–water partition coefficient (Wildman–Crippen LogP) is 2.83. The SMILES string of the molecule is O=C(O)[C@@H]1COC2(CCCCC2)N1C(=O)c1cc([N+](=O)[O-])ccc1Cl. The summed E-state index contributed by atoms with van der Waals surface area (Å²) >= 11 is 6.07. The molecule has 25 heavy (non-hydrogen) atoms. The van der Waals surface area contributed by atoms with Crippen LogP contribution >= 0.6 is 11.6 Å². The number of nitro benzene ring substituents is 1. The van der Waals surface area contributed by atoms with Crippen LogP contribution in [0.4, 0.5) is 5.69 Å². The van der Waals surface area contributed by atoms with Crippen molar-refractivity contribution < 1.29 is 24.4 Å². The van der Waals surface area contributed by atoms with Gasteiger partial charge in [0.1, 0.15) is 5.72 Å². The molecule has 1 amide bonds. The van der Waals surface area contributed by atoms with Crippen LogP contribution in [0.5, 0.6) is 0 Å². The smallest absolute Gasteiger partial charge is 0.328 e. The van der Waals surface area contributed by atoms with Gasteiger partial charge >= 0.3 is 5.97 Å². The summed E-state index contributed by atoms with van der Waals surface area (Å²) in [6, 6.07) is 2.41. The van der Waals surface area contributed by atoms with E-state index in [-0.39, 0.29) is 22.9 Å². The second-order valence-electron chi connectivity index (χ2n) is 6.27. The zero-order valence-electron chi connectivity index (χ0n) is 13.3. The van der Waals surface area contributed by atoms with E-state index in [0.29, 0.717) is 12.8 Å². The van der Waals surface area contributed by atoms with Crippen LogP contribution < -0.4 is 0 Å². The average Bonchev–Trinajstić information content (AvgIpc) is 2.94. The molecule has 0 radical (unpaired) electrons. The number of hydrogen-bond donors (Lipinski definition) is 1. The van der Waals surface area contributed by atoms with Crippen molar-refractivity contribution in [1.29, 1.82) is 0 Å². The summed E-state index contributed by atoms with van der Waals surface area (Å²) in [4.78, 5) is 36.3. The standard InChI is InChI=1S/C16H17ClN2O6/c17-12-5-4-10(19(23)24)8-11(12)14(20)18-13(15(21)22)9-25-16(18)6-2-1-3-7-16/h4-5,8,13H,1-3,6-7,9H2,(H,21,22)/t13-/m0/s1. The Morgan fingerprint density at radius 3 is 2.60 bits per heavy atom. The van der Waals surface area contributed by atoms with Gasteiger partial charge in [0.2, 0.25) is 0 Å². The second-order valence-corrected chi connectivity index (χ2v) is 6.68. The van der Waals surface area contributed by atoms with Gasteiger partial charge in [-0.15, -0.1) is 0 Å². The lowest BCUT2D eigenvalue weighted by molar-refractivity contribution is -0.384. The molecule has 3 rings (SSSR count). The van der Waals surface area contributed by atoms with Crippen molar-refractivity contribution in [2.24, 2.45) is 0 Å². The molecule has 1 aromatic rings. The molecule has 2 aliphatic rings. The molecule has 8 nitrogen and oxygen atoms in total. The first-order valence-electron chi connectivity index (χ1n) is 8.00. The molecule has 1 aliphatic heterocycles. The highest BCUT2D eigenvalue weighted by molar-refractivity contribution is 6.34. The maximum absolute atomic E-state index is 13.1. The number of carboxylic acids is 1. The lowest BCUT2D eigenvalue weighted by atomic mass is 9.89. The fourth-order valence-electron chi connectivity index (χ4n) is 3.58. The molecule has 1 spiro atoms. The summed E-state index contributed by atoms with van der Waals surface area (Å²) in [5.74, 6) is -1.82. The fourth-order valence-corrected chi connectivity index (χ4v) is 3.78. The third-order valence-corrected chi connectivity index (χ3v) is 5.12. The van der Waals surface area contributed by atoms with E-state index < -0.39 is 28.6 Å². The molecule has 1 atom stereocenters. The van der Waals surface area contributed by atoms with E-state index in [1.54, 1.807) is 0 Å². The van der Waals surface area contributed by atoms with Gasteiger partial charge in [-0.2, -0.15) is 0 Å². The van der Waals surface area contributed by atoms with Gasteiger partial charge in [-0.3, -0.25) is 19.8 Å². The number of hydrogen-bond acceptors (Lipinski definition) is 5. The van der Waals surface area contributed by atoms with Gasteiger partial charge in [-0.25, -0.2) is 4.79 Å². The minimum Gasteiger partial charge on any atom is -0.480 e. The number of carbonyl (C=O) groups is 2. The van der Waals surface area contributed by atoms with E-state index >= 15 is 0 Å². The van der Waals surface area contributed by atoms with Crippen molar-refractivity contribution in [3.05, 3.63) is 38.9 Å². The average molecular weight is 369 g/mol. The van der Waals surface area contributed by atoms with E-state index in [2.05, 4.69) is 0 Å². The lowest BCUT2D eigenvalue weighted by Gasteiger charge is -2.41. The molecule has 1 N–H and O–H groups in total. The number of carbonyl (C=O) groups excluding carboxylic acids is 1. The van der Waals surface area contributed by atoms with Gasteiger partial charge < -0.3 is 9.84 Å². The van der Waals surface area contributed by atoms with Gasteiger partial charge in [0.25, 0.3) is 11.6 Å². The third-order valence-electron chi connectivity index (χ3n) is 4.79. The molecular formula is C16H17ClN2O6. The van der Waals surface area contributed by atoms with Gasteiger partial charge in [0, 0.05) is 12.1 Å². The summed E-state index contributed by atoms with van der Waals surface area (Å²) in [5.41, 5.74) is -1.35. The third kappa shape index (κ3) is 3.07. The highest BCUT2D eigenvalue weighted by atomic mass is 35.5. The van der Waals surface area contributed by atoms with Crippen molar-refractivity contribution in [2.45, 2.75) is 43.9 Å². The minimum atomic E-state index is -1.17. The lowest BCUT2D eigenvalue weighted by Crippen LogP contribution is -2.54. The van der Waals surface area contributed by atoms with Crippen molar-refractivity contribution in [2.75, 3.05) is 6.61 Å². The Labute approximate surface area is 148 Å². The van der Waals surface area contributed by atoms with Crippen LogP contribution in [0.25, 0.3) is 0 Å². The van der Waals surface area contributed by atoms with E-state index in [1.807, 2.05) is 0 Å². The molecule has 134 valence electrons. The van der Waals surface area contributed by atoms with Crippen LogP contribution in [-0.4, -0.2) is 45.2 Å². The van der Waals surface area contributed by atoms with Gasteiger partial charge in [0.15, 0.2) is 6.04 Å². The summed E-state index contributed by atoms with van der Waals surface area (Å²) < 4.78 is 5.78. The largest absolute Gasteiger partial charge is 0.480 e. The van der Waals surface area contributed by atoms with Crippen molar-refractivity contribution in [3.8, 4) is 0 Å². The summed E-state index contributed by atoms with van der Waals surface area (Å²) in [5, 5.41) is 20.5. The molecule has 0 bridgehead atoms. The zero-order chi connectivity index (χ0) is 18.2. The molecule has 1 aromatic carbocycles. The summed E-state index contributed by atoms with van der Waals surface area (Å²) in [6.07, 6.45) is 3.70. The number of rotatable bonds is 3. The topological polar surface area (TPSA) is 110 Å². The first-order valence-corrected chi connectivity index (χ1v) is 8.38. The number of nitro groups is 1. The van der Waals surface area contributed by atoms with Crippen LogP contribution in [0.2, 0.25) is 5.02 Å². The second kappa shape index (κ2) is 6.61. The molecule has 1 saturated carbocycles. The zero-order valence-corrected chi connectivity index (χ0v) is 14.1. The first-order chi connectivity index (χ1) is 11.9. The number of carboxylic acid groups (broad SMARTS) is 1. The maximum atomic E-state index is 13.1. The number of ether oxygens (including phenoxy) is 1.